The summed E-state index contributed by atoms with van der Waals surface area (Å²) >= 11 is 0. The van der Waals surface area contributed by atoms with Crippen LogP contribution in [0, 0.1) is 5.41 Å². The highest BCUT2D eigenvalue weighted by Crippen LogP contribution is 2.38. The van der Waals surface area contributed by atoms with Crippen LogP contribution in [-0.4, -0.2) is 39.7 Å². The molecule has 0 amide bonds. The Bertz CT molecular complexity index is 1020. The molecular weight excluding hydrogens is 360 g/mol. The van der Waals surface area contributed by atoms with Crippen LogP contribution < -0.4 is 10.6 Å². The number of nitrogens with one attached hydrogen (secondary N) is 1. The molecule has 1 aromatic carbocycles. The largest absolute Gasteiger partial charge is 0.382 e. The van der Waals surface area contributed by atoms with Gasteiger partial charge in [0.05, 0.1) is 5.39 Å². The van der Waals surface area contributed by atoms with Crippen molar-refractivity contribution < 1.29 is 0 Å². The van der Waals surface area contributed by atoms with E-state index in [0.717, 1.165) is 55.9 Å². The normalized spacial score (nSPS) is 19.4. The number of fused-ring (bicyclic) bond motifs is 3. The number of rotatable bonds is 3. The van der Waals surface area contributed by atoms with Crippen molar-refractivity contribution >= 4 is 22.5 Å². The van der Waals surface area contributed by atoms with Gasteiger partial charge in [-0.15, -0.1) is 0 Å². The van der Waals surface area contributed by atoms with Crippen molar-refractivity contribution in [2.24, 2.45) is 5.41 Å². The monoisotopic (exact) mass is 390 g/mol. The molecule has 0 saturated carbocycles. The van der Waals surface area contributed by atoms with Crippen LogP contribution in [-0.2, 0) is 19.5 Å². The molecule has 1 fully saturated rings. The molecule has 152 valence electrons. The van der Waals surface area contributed by atoms with Gasteiger partial charge in [-0.05, 0) is 23.8 Å². The van der Waals surface area contributed by atoms with Gasteiger partial charge in [0.1, 0.15) is 5.52 Å². The molecule has 5 rings (SSSR count). The number of aromatic amines is 1. The summed E-state index contributed by atoms with van der Waals surface area (Å²) < 4.78 is 0. The van der Waals surface area contributed by atoms with Gasteiger partial charge < -0.3 is 10.6 Å². The quantitative estimate of drug-likeness (QED) is 0.713. The Hall–Kier alpha value is -2.60. The molecule has 0 atom stereocenters. The second-order valence-corrected chi connectivity index (χ2v) is 9.36. The number of aromatic nitrogens is 3. The smallest absolute Gasteiger partial charge is 0.154 e. The third-order valence-electron chi connectivity index (χ3n) is 6.40. The van der Waals surface area contributed by atoms with Crippen LogP contribution in [0.5, 0.6) is 0 Å². The summed E-state index contributed by atoms with van der Waals surface area (Å²) in [5.41, 5.74) is 11.4. The van der Waals surface area contributed by atoms with Crippen molar-refractivity contribution in [3.05, 3.63) is 47.2 Å². The first kappa shape index (κ1) is 18.4. The van der Waals surface area contributed by atoms with Gasteiger partial charge >= 0.3 is 0 Å². The predicted octanol–water partition coefficient (Wildman–Crippen LogP) is 3.72. The van der Waals surface area contributed by atoms with Crippen LogP contribution in [0.2, 0.25) is 0 Å². The van der Waals surface area contributed by atoms with Gasteiger partial charge in [-0.2, -0.15) is 5.10 Å². The van der Waals surface area contributed by atoms with Crippen molar-refractivity contribution in [2.75, 3.05) is 30.3 Å². The van der Waals surface area contributed by atoms with Crippen LogP contribution in [0.3, 0.4) is 0 Å². The lowest BCUT2D eigenvalue weighted by atomic mass is 9.84. The highest BCUT2D eigenvalue weighted by Gasteiger charge is 2.31. The zero-order valence-corrected chi connectivity index (χ0v) is 17.4. The Balaban J connectivity index is 1.51. The minimum atomic E-state index is 0.306. The molecule has 3 N–H and O–H groups in total. The topological polar surface area (TPSA) is 74.1 Å². The van der Waals surface area contributed by atoms with Gasteiger partial charge in [-0.3, -0.25) is 10.00 Å². The Labute approximate surface area is 172 Å². The number of H-pyrrole nitrogens is 1. The highest BCUT2D eigenvalue weighted by molar-refractivity contribution is 5.98. The first-order chi connectivity index (χ1) is 14.0. The van der Waals surface area contributed by atoms with Crippen molar-refractivity contribution in [1.29, 1.82) is 0 Å². The number of piperidine rings is 1. The Morgan fingerprint density at radius 2 is 2.00 bits per heavy atom. The van der Waals surface area contributed by atoms with E-state index in [4.69, 9.17) is 10.7 Å². The predicted molar refractivity (Wildman–Crippen MR) is 118 cm³/mol. The average molecular weight is 391 g/mol. The van der Waals surface area contributed by atoms with Crippen LogP contribution in [0.25, 0.3) is 10.9 Å². The van der Waals surface area contributed by atoms with E-state index in [1.165, 1.54) is 29.7 Å². The molecular formula is C23H30N6. The summed E-state index contributed by atoms with van der Waals surface area (Å²) in [6.07, 6.45) is 3.41. The SMILES string of the molecule is CC1(C)CCCN(c2nc3c(c4c(N)n[nH]c24)CN(Cc2ccccc2)CC3)C1. The van der Waals surface area contributed by atoms with Crippen molar-refractivity contribution in [1.82, 2.24) is 20.1 Å². The van der Waals surface area contributed by atoms with Crippen LogP contribution >= 0.6 is 0 Å². The van der Waals surface area contributed by atoms with Crippen molar-refractivity contribution in [3.63, 3.8) is 0 Å². The molecule has 0 bridgehead atoms. The molecule has 0 unspecified atom stereocenters. The lowest BCUT2D eigenvalue weighted by Crippen LogP contribution is -2.41. The molecule has 2 aliphatic heterocycles. The van der Waals surface area contributed by atoms with E-state index >= 15 is 0 Å². The number of nitrogen functional groups attached to an aromatic ring is 1. The number of hydrogen-bond acceptors (Lipinski definition) is 5. The van der Waals surface area contributed by atoms with E-state index in [-0.39, 0.29) is 0 Å². The van der Waals surface area contributed by atoms with Gasteiger partial charge in [0.25, 0.3) is 0 Å². The Morgan fingerprint density at radius 1 is 1.17 bits per heavy atom. The molecule has 1 saturated heterocycles. The minimum absolute atomic E-state index is 0.306. The summed E-state index contributed by atoms with van der Waals surface area (Å²) in [7, 11) is 0. The van der Waals surface area contributed by atoms with E-state index in [1.807, 2.05) is 0 Å². The molecule has 29 heavy (non-hydrogen) atoms. The standard InChI is InChI=1S/C23H30N6/c1-23(2)10-6-11-29(15-23)22-20-19(21(24)27-26-20)17-14-28(12-9-18(17)25-22)13-16-7-4-3-5-8-16/h3-5,7-8H,6,9-15H2,1-2H3,(H3,24,26,27). The highest BCUT2D eigenvalue weighted by atomic mass is 15.2. The second kappa shape index (κ2) is 7.02. The maximum atomic E-state index is 6.34. The van der Waals surface area contributed by atoms with E-state index in [1.54, 1.807) is 0 Å². The van der Waals surface area contributed by atoms with Gasteiger partial charge in [0.15, 0.2) is 11.6 Å². The molecule has 0 spiro atoms. The summed E-state index contributed by atoms with van der Waals surface area (Å²) in [5, 5.41) is 8.65. The summed E-state index contributed by atoms with van der Waals surface area (Å²) in [5.74, 6) is 1.63. The van der Waals surface area contributed by atoms with Crippen LogP contribution in [0.15, 0.2) is 30.3 Å². The zero-order chi connectivity index (χ0) is 20.0. The summed E-state index contributed by atoms with van der Waals surface area (Å²) in [4.78, 5) is 10.1. The van der Waals surface area contributed by atoms with E-state index in [0.29, 0.717) is 11.2 Å². The maximum Gasteiger partial charge on any atom is 0.154 e. The van der Waals surface area contributed by atoms with Gasteiger partial charge in [0.2, 0.25) is 0 Å². The molecule has 3 aromatic rings. The fourth-order valence-corrected chi connectivity index (χ4v) is 4.97. The minimum Gasteiger partial charge on any atom is -0.382 e. The first-order valence-corrected chi connectivity index (χ1v) is 10.7. The van der Waals surface area contributed by atoms with Gasteiger partial charge in [0, 0.05) is 50.4 Å². The average Bonchev–Trinajstić information content (AvgIpc) is 3.09. The lowest BCUT2D eigenvalue weighted by Gasteiger charge is -2.39. The number of nitrogens with two attached hydrogens (primary N) is 1. The lowest BCUT2D eigenvalue weighted by molar-refractivity contribution is 0.244. The second-order valence-electron chi connectivity index (χ2n) is 9.36. The maximum absolute atomic E-state index is 6.34. The van der Waals surface area contributed by atoms with E-state index in [2.05, 4.69) is 64.2 Å². The molecule has 4 heterocycles. The third kappa shape index (κ3) is 3.46. The Morgan fingerprint density at radius 3 is 2.79 bits per heavy atom. The van der Waals surface area contributed by atoms with E-state index in [9.17, 15) is 0 Å². The number of anilines is 2. The third-order valence-corrected chi connectivity index (χ3v) is 6.40. The number of hydrogen-bond donors (Lipinski definition) is 2. The fourth-order valence-electron chi connectivity index (χ4n) is 4.97. The molecule has 2 aliphatic rings. The summed E-state index contributed by atoms with van der Waals surface area (Å²) in [6.45, 7) is 9.58. The van der Waals surface area contributed by atoms with Crippen LogP contribution in [0.4, 0.5) is 11.6 Å². The van der Waals surface area contributed by atoms with Crippen molar-refractivity contribution in [2.45, 2.75) is 46.2 Å². The van der Waals surface area contributed by atoms with E-state index < -0.39 is 0 Å². The molecule has 6 heteroatoms. The molecule has 6 nitrogen and oxygen atoms in total. The number of nitrogens with zero attached hydrogens (tertiary/aromatic N) is 4. The molecule has 0 aliphatic carbocycles. The van der Waals surface area contributed by atoms with Gasteiger partial charge in [-0.25, -0.2) is 4.98 Å². The molecule has 2 aromatic heterocycles. The summed E-state index contributed by atoms with van der Waals surface area (Å²) in [6, 6.07) is 10.7. The van der Waals surface area contributed by atoms with Gasteiger partial charge in [-0.1, -0.05) is 44.2 Å². The fraction of sp³-hybridized carbons (Fsp3) is 0.478. The first-order valence-electron chi connectivity index (χ1n) is 10.7. The van der Waals surface area contributed by atoms with Crippen LogP contribution in [0.1, 0.15) is 43.5 Å². The molecule has 0 radical (unpaired) electrons. The van der Waals surface area contributed by atoms with Crippen molar-refractivity contribution in [3.8, 4) is 0 Å². The zero-order valence-electron chi connectivity index (χ0n) is 17.4. The number of pyridine rings is 1. The Kier molecular flexibility index (Phi) is 4.46. The number of benzene rings is 1.